The van der Waals surface area contributed by atoms with E-state index in [1.54, 1.807) is 26.2 Å². The van der Waals surface area contributed by atoms with Gasteiger partial charge in [-0.25, -0.2) is 4.79 Å². The first-order chi connectivity index (χ1) is 22.3. The average Bonchev–Trinajstić information content (AvgIpc) is 3.39. The van der Waals surface area contributed by atoms with E-state index in [2.05, 4.69) is 29.6 Å². The molecule has 4 aromatic carbocycles. The molecule has 1 amide bonds. The molecule has 0 radical (unpaired) electrons. The van der Waals surface area contributed by atoms with Gasteiger partial charge < -0.3 is 33.9 Å². The number of hydrogen-bond acceptors (Lipinski definition) is 7. The van der Waals surface area contributed by atoms with Crippen LogP contribution in [0.15, 0.2) is 84.9 Å². The zero-order valence-electron chi connectivity index (χ0n) is 27.0. The molecule has 0 aromatic heterocycles. The summed E-state index contributed by atoms with van der Waals surface area (Å²) in [6.07, 6.45) is 3.64. The smallest absolute Gasteiger partial charge is 0.409 e. The Morgan fingerprint density at radius 3 is 2.22 bits per heavy atom. The molecule has 8 nitrogen and oxygen atoms in total. The maximum atomic E-state index is 13.2. The monoisotopic (exact) mass is 620 g/mol. The van der Waals surface area contributed by atoms with Gasteiger partial charge in [-0.3, -0.25) is 0 Å². The molecule has 1 heterocycles. The van der Waals surface area contributed by atoms with Crippen LogP contribution in [0.25, 0.3) is 17.2 Å². The number of nitrogens with one attached hydrogen (secondary N) is 1. The van der Waals surface area contributed by atoms with Crippen LogP contribution in [0.4, 0.5) is 10.5 Å². The number of hydrogen-bond donors (Lipinski definition) is 1. The summed E-state index contributed by atoms with van der Waals surface area (Å²) in [6.45, 7) is 5.56. The molecule has 0 saturated heterocycles. The van der Waals surface area contributed by atoms with E-state index in [0.717, 1.165) is 22.6 Å². The summed E-state index contributed by atoms with van der Waals surface area (Å²) >= 11 is 0. The molecule has 1 unspecified atom stereocenters. The van der Waals surface area contributed by atoms with Crippen LogP contribution in [-0.2, 0) is 11.3 Å². The summed E-state index contributed by atoms with van der Waals surface area (Å²) in [5.74, 6) is 2.83. The second-order valence-electron chi connectivity index (χ2n) is 11.8. The minimum Gasteiger partial charge on any atom is -0.496 e. The molecule has 0 saturated carbocycles. The Morgan fingerprint density at radius 1 is 0.935 bits per heavy atom. The number of fused-ring (bicyclic) bond motifs is 4. The standard InChI is InChI=1S/C38H40N2O6/c1-6-44-27-20-35(42-4)32(36(21-27)43-5)22-39-26-15-16-34-25(19-26)17-18-38(2,46-34)24-40(3)37(41)45-23-33-30-13-9-7-11-28(30)29-12-8-10-14-31(29)33/h7-21,33,39H,6,22-24H2,1-5H3. The third kappa shape index (κ3) is 6.20. The third-order valence-electron chi connectivity index (χ3n) is 8.53. The fourth-order valence-corrected chi connectivity index (χ4v) is 6.33. The van der Waals surface area contributed by atoms with Gasteiger partial charge in [-0.05, 0) is 60.4 Å². The van der Waals surface area contributed by atoms with Crippen molar-refractivity contribution in [2.24, 2.45) is 0 Å². The summed E-state index contributed by atoms with van der Waals surface area (Å²) < 4.78 is 29.2. The van der Waals surface area contributed by atoms with Crippen LogP contribution in [0.2, 0.25) is 0 Å². The highest BCUT2D eigenvalue weighted by Gasteiger charge is 2.33. The van der Waals surface area contributed by atoms with Crippen LogP contribution in [0, 0.1) is 0 Å². The fraction of sp³-hybridized carbons (Fsp3) is 0.289. The Labute approximate surface area is 270 Å². The second-order valence-corrected chi connectivity index (χ2v) is 11.8. The van der Waals surface area contributed by atoms with Gasteiger partial charge in [0.2, 0.25) is 0 Å². The number of ether oxygens (including phenoxy) is 5. The van der Waals surface area contributed by atoms with Crippen molar-refractivity contribution in [3.05, 3.63) is 107 Å². The molecule has 2 aliphatic rings. The molecule has 1 aliphatic heterocycles. The van der Waals surface area contributed by atoms with E-state index in [1.807, 2.05) is 80.6 Å². The van der Waals surface area contributed by atoms with Crippen LogP contribution in [0.3, 0.4) is 0 Å². The van der Waals surface area contributed by atoms with Gasteiger partial charge in [0.1, 0.15) is 35.2 Å². The van der Waals surface area contributed by atoms with Crippen LogP contribution in [0.1, 0.15) is 42.0 Å². The van der Waals surface area contributed by atoms with Crippen LogP contribution in [0.5, 0.6) is 23.0 Å². The van der Waals surface area contributed by atoms with Gasteiger partial charge in [0.25, 0.3) is 0 Å². The molecule has 1 atom stereocenters. The Morgan fingerprint density at radius 2 is 1.59 bits per heavy atom. The van der Waals surface area contributed by atoms with Crippen molar-refractivity contribution >= 4 is 17.9 Å². The van der Waals surface area contributed by atoms with E-state index in [4.69, 9.17) is 23.7 Å². The Balaban J connectivity index is 1.07. The first kappa shape index (κ1) is 30.9. The van der Waals surface area contributed by atoms with Gasteiger partial charge in [-0.15, -0.1) is 0 Å². The lowest BCUT2D eigenvalue weighted by Gasteiger charge is -2.34. The van der Waals surface area contributed by atoms with Crippen molar-refractivity contribution < 1.29 is 28.5 Å². The Kier molecular flexibility index (Phi) is 8.79. The van der Waals surface area contributed by atoms with E-state index in [0.29, 0.717) is 36.9 Å². The van der Waals surface area contributed by atoms with Crippen molar-refractivity contribution in [2.45, 2.75) is 31.9 Å². The maximum Gasteiger partial charge on any atom is 0.409 e. The molecule has 4 aromatic rings. The highest BCUT2D eigenvalue weighted by molar-refractivity contribution is 5.79. The predicted molar refractivity (Wildman–Crippen MR) is 180 cm³/mol. The molecule has 0 bridgehead atoms. The van der Waals surface area contributed by atoms with E-state index in [9.17, 15) is 4.79 Å². The number of methoxy groups -OCH3 is 2. The van der Waals surface area contributed by atoms with Gasteiger partial charge in [-0.1, -0.05) is 54.6 Å². The van der Waals surface area contributed by atoms with Crippen LogP contribution >= 0.6 is 0 Å². The zero-order valence-corrected chi connectivity index (χ0v) is 27.0. The summed E-state index contributed by atoms with van der Waals surface area (Å²) in [4.78, 5) is 14.7. The minimum absolute atomic E-state index is 0.0115. The number of anilines is 1. The van der Waals surface area contributed by atoms with Crippen molar-refractivity contribution in [2.75, 3.05) is 46.3 Å². The molecule has 0 spiro atoms. The molecule has 0 fully saturated rings. The molecule has 238 valence electrons. The van der Waals surface area contributed by atoms with Crippen LogP contribution in [-0.4, -0.2) is 57.6 Å². The van der Waals surface area contributed by atoms with Gasteiger partial charge in [0.15, 0.2) is 0 Å². The number of likely N-dealkylation sites (N-methyl/N-ethyl adjacent to an activating group) is 1. The number of amides is 1. The Hall–Kier alpha value is -5.11. The van der Waals surface area contributed by atoms with Gasteiger partial charge in [0, 0.05) is 42.9 Å². The lowest BCUT2D eigenvalue weighted by molar-refractivity contribution is 0.0668. The first-order valence-corrected chi connectivity index (χ1v) is 15.5. The minimum atomic E-state index is -0.717. The van der Waals surface area contributed by atoms with E-state index in [-0.39, 0.29) is 18.6 Å². The van der Waals surface area contributed by atoms with Crippen LogP contribution < -0.4 is 24.3 Å². The second kappa shape index (κ2) is 13.1. The van der Waals surface area contributed by atoms with E-state index < -0.39 is 5.60 Å². The largest absolute Gasteiger partial charge is 0.496 e. The molecular weight excluding hydrogens is 580 g/mol. The molecule has 6 rings (SSSR count). The molecule has 1 N–H and O–H groups in total. The van der Waals surface area contributed by atoms with Crippen molar-refractivity contribution in [3.8, 4) is 34.1 Å². The Bertz CT molecular complexity index is 1700. The van der Waals surface area contributed by atoms with Gasteiger partial charge in [0.05, 0.1) is 32.9 Å². The molecular formula is C38H40N2O6. The topological polar surface area (TPSA) is 78.5 Å². The van der Waals surface area contributed by atoms with Crippen molar-refractivity contribution in [3.63, 3.8) is 0 Å². The quantitative estimate of drug-likeness (QED) is 0.184. The summed E-state index contributed by atoms with van der Waals surface area (Å²) in [5.41, 5.74) is 6.82. The maximum absolute atomic E-state index is 13.2. The van der Waals surface area contributed by atoms with Gasteiger partial charge >= 0.3 is 6.09 Å². The number of carbonyl (C=O) groups excluding carboxylic acids is 1. The van der Waals surface area contributed by atoms with Crippen molar-refractivity contribution in [1.29, 1.82) is 0 Å². The normalized spacial score (nSPS) is 16.0. The first-order valence-electron chi connectivity index (χ1n) is 15.5. The fourth-order valence-electron chi connectivity index (χ4n) is 6.33. The SMILES string of the molecule is CCOc1cc(OC)c(CNc2ccc3c(c2)C=CC(C)(CN(C)C(=O)OCC2c4ccccc4-c4ccccc42)O3)c(OC)c1. The van der Waals surface area contributed by atoms with E-state index in [1.165, 1.54) is 22.3 Å². The number of nitrogens with zero attached hydrogens (tertiary/aromatic N) is 1. The van der Waals surface area contributed by atoms with Gasteiger partial charge in [-0.2, -0.15) is 0 Å². The molecule has 46 heavy (non-hydrogen) atoms. The lowest BCUT2D eigenvalue weighted by atomic mass is 9.98. The van der Waals surface area contributed by atoms with Crippen molar-refractivity contribution in [1.82, 2.24) is 4.90 Å². The number of benzene rings is 4. The molecule has 8 heteroatoms. The third-order valence-corrected chi connectivity index (χ3v) is 8.53. The highest BCUT2D eigenvalue weighted by Crippen LogP contribution is 2.44. The molecule has 1 aliphatic carbocycles. The summed E-state index contributed by atoms with van der Waals surface area (Å²) in [7, 11) is 5.02. The lowest BCUT2D eigenvalue weighted by Crippen LogP contribution is -2.45. The number of rotatable bonds is 11. The summed E-state index contributed by atoms with van der Waals surface area (Å²) in [5, 5.41) is 3.47. The number of carbonyl (C=O) groups is 1. The highest BCUT2D eigenvalue weighted by atomic mass is 16.6. The zero-order chi connectivity index (χ0) is 32.3. The van der Waals surface area contributed by atoms with E-state index >= 15 is 0 Å². The average molecular weight is 621 g/mol. The summed E-state index contributed by atoms with van der Waals surface area (Å²) in [6, 6.07) is 26.3. The predicted octanol–water partition coefficient (Wildman–Crippen LogP) is 7.76.